The molecular formula is C26H23N5O2. The molecule has 2 heterocycles. The van der Waals surface area contributed by atoms with Gasteiger partial charge in [0.15, 0.2) is 11.6 Å². The van der Waals surface area contributed by atoms with Crippen LogP contribution in [0.15, 0.2) is 72.5 Å². The number of benzene rings is 3. The summed E-state index contributed by atoms with van der Waals surface area (Å²) < 4.78 is 0. The van der Waals surface area contributed by atoms with Crippen molar-refractivity contribution in [1.29, 1.82) is 5.41 Å². The second kappa shape index (κ2) is 7.94. The topological polar surface area (TPSA) is 119 Å². The first-order valence-corrected chi connectivity index (χ1v) is 10.6. The van der Waals surface area contributed by atoms with Crippen LogP contribution in [0, 0.1) is 12.3 Å². The summed E-state index contributed by atoms with van der Waals surface area (Å²) in [5, 5.41) is 18.9. The number of aromatic amines is 1. The molecule has 0 fully saturated rings. The molecule has 33 heavy (non-hydrogen) atoms. The van der Waals surface area contributed by atoms with Crippen molar-refractivity contribution in [2.75, 3.05) is 0 Å². The molecule has 0 saturated carbocycles. The average molecular weight is 438 g/mol. The van der Waals surface area contributed by atoms with Gasteiger partial charge in [-0.25, -0.2) is 4.98 Å². The smallest absolute Gasteiger partial charge is 0.254 e. The Labute approximate surface area is 190 Å². The third-order valence-corrected chi connectivity index (χ3v) is 5.92. The third kappa shape index (κ3) is 3.74. The Balaban J connectivity index is 1.41. The van der Waals surface area contributed by atoms with Gasteiger partial charge in [0.25, 0.3) is 5.91 Å². The van der Waals surface area contributed by atoms with Gasteiger partial charge >= 0.3 is 0 Å². The van der Waals surface area contributed by atoms with Crippen molar-refractivity contribution in [2.45, 2.75) is 20.0 Å². The maximum atomic E-state index is 12.8. The minimum atomic E-state index is -0.329. The van der Waals surface area contributed by atoms with Crippen LogP contribution in [0.5, 0.6) is 0 Å². The van der Waals surface area contributed by atoms with E-state index in [-0.39, 0.29) is 23.1 Å². The van der Waals surface area contributed by atoms with E-state index < -0.39 is 0 Å². The van der Waals surface area contributed by atoms with Crippen LogP contribution < -0.4 is 5.73 Å². The fourth-order valence-electron chi connectivity index (χ4n) is 4.04. The number of rotatable bonds is 4. The molecule has 7 heteroatoms. The van der Waals surface area contributed by atoms with E-state index in [9.17, 15) is 9.90 Å². The number of nitrogens with zero attached hydrogens (tertiary/aromatic N) is 2. The predicted octanol–water partition coefficient (Wildman–Crippen LogP) is 4.28. The number of aliphatic hydroxyl groups excluding tert-OH is 1. The number of hydrogen-bond acceptors (Lipinski definition) is 5. The molecule has 0 atom stereocenters. The van der Waals surface area contributed by atoms with Crippen LogP contribution in [0.1, 0.15) is 38.4 Å². The molecule has 5 rings (SSSR count). The van der Waals surface area contributed by atoms with Gasteiger partial charge in [-0.05, 0) is 42.3 Å². The standard InChI is InChI=1S/C26H23N5O2/c1-15-7-9-16(10-8-15)22(27)24(32)23(28)25-29-20-11-18-13-31(14-19(18)12-21(20)30-25)26(33)17-5-3-2-4-6-17/h2-12,27,32H,13-14,28H2,1H3,(H,29,30)/b24-23+,27-22?. The Morgan fingerprint density at radius 1 is 1.03 bits per heavy atom. The van der Waals surface area contributed by atoms with Gasteiger partial charge in [-0.2, -0.15) is 0 Å². The quantitative estimate of drug-likeness (QED) is 0.281. The van der Waals surface area contributed by atoms with E-state index in [0.717, 1.165) is 22.2 Å². The lowest BCUT2D eigenvalue weighted by atomic mass is 10.1. The summed E-state index contributed by atoms with van der Waals surface area (Å²) in [6, 6.07) is 20.4. The van der Waals surface area contributed by atoms with E-state index >= 15 is 0 Å². The number of aryl methyl sites for hydroxylation is 1. The highest BCUT2D eigenvalue weighted by Gasteiger charge is 2.25. The SMILES string of the molecule is Cc1ccc(C(=N)/C(O)=C(\N)c2nc3cc4c(cc3[nH]2)CN(C(=O)c2ccccc2)C4)cc1. The molecule has 1 aliphatic rings. The number of hydrogen-bond donors (Lipinski definition) is 4. The highest BCUT2D eigenvalue weighted by Crippen LogP contribution is 2.29. The lowest BCUT2D eigenvalue weighted by Gasteiger charge is -2.15. The number of aromatic nitrogens is 2. The van der Waals surface area contributed by atoms with Gasteiger partial charge in [-0.1, -0.05) is 48.0 Å². The molecule has 1 amide bonds. The zero-order chi connectivity index (χ0) is 23.1. The molecule has 1 aliphatic heterocycles. The Bertz CT molecular complexity index is 1380. The summed E-state index contributed by atoms with van der Waals surface area (Å²) in [6.45, 7) is 2.98. The van der Waals surface area contributed by atoms with Crippen LogP contribution in [0.25, 0.3) is 16.7 Å². The summed E-state index contributed by atoms with van der Waals surface area (Å²) in [4.78, 5) is 22.3. The average Bonchev–Trinajstić information content (AvgIpc) is 3.44. The number of allylic oxidation sites excluding steroid dienone is 1. The van der Waals surface area contributed by atoms with Crippen molar-refractivity contribution in [1.82, 2.24) is 14.9 Å². The molecule has 3 aromatic carbocycles. The Morgan fingerprint density at radius 2 is 1.70 bits per heavy atom. The zero-order valence-corrected chi connectivity index (χ0v) is 18.1. The van der Waals surface area contributed by atoms with E-state index in [1.54, 1.807) is 12.1 Å². The predicted molar refractivity (Wildman–Crippen MR) is 128 cm³/mol. The molecule has 164 valence electrons. The number of imidazole rings is 1. The van der Waals surface area contributed by atoms with Crippen molar-refractivity contribution >= 4 is 28.3 Å². The number of carbonyl (C=O) groups is 1. The van der Waals surface area contributed by atoms with Gasteiger partial charge in [0.1, 0.15) is 11.4 Å². The van der Waals surface area contributed by atoms with E-state index in [2.05, 4.69) is 9.97 Å². The van der Waals surface area contributed by atoms with Crippen molar-refractivity contribution in [3.8, 4) is 0 Å². The largest absolute Gasteiger partial charge is 0.504 e. The highest BCUT2D eigenvalue weighted by atomic mass is 16.3. The zero-order valence-electron chi connectivity index (χ0n) is 18.1. The monoisotopic (exact) mass is 437 g/mol. The first kappa shape index (κ1) is 20.5. The maximum absolute atomic E-state index is 12.8. The van der Waals surface area contributed by atoms with Crippen molar-refractivity contribution in [2.24, 2.45) is 5.73 Å². The second-order valence-corrected chi connectivity index (χ2v) is 8.25. The van der Waals surface area contributed by atoms with Crippen LogP contribution in [0.4, 0.5) is 0 Å². The van der Waals surface area contributed by atoms with E-state index in [1.165, 1.54) is 0 Å². The molecule has 0 unspecified atom stereocenters. The minimum absolute atomic E-state index is 0.00386. The van der Waals surface area contributed by atoms with Crippen LogP contribution in [-0.2, 0) is 13.1 Å². The minimum Gasteiger partial charge on any atom is -0.504 e. The molecule has 0 aliphatic carbocycles. The van der Waals surface area contributed by atoms with Crippen LogP contribution in [0.3, 0.4) is 0 Å². The number of nitrogens with one attached hydrogen (secondary N) is 2. The van der Waals surface area contributed by atoms with Gasteiger partial charge in [-0.3, -0.25) is 10.2 Å². The summed E-state index contributed by atoms with van der Waals surface area (Å²) >= 11 is 0. The summed E-state index contributed by atoms with van der Waals surface area (Å²) in [5.41, 5.74) is 11.9. The van der Waals surface area contributed by atoms with E-state index in [4.69, 9.17) is 11.1 Å². The molecule has 0 saturated heterocycles. The van der Waals surface area contributed by atoms with Crippen molar-refractivity contribution in [3.63, 3.8) is 0 Å². The first-order valence-electron chi connectivity index (χ1n) is 10.6. The number of carbonyl (C=O) groups excluding carboxylic acids is 1. The van der Waals surface area contributed by atoms with Crippen LogP contribution >= 0.6 is 0 Å². The van der Waals surface area contributed by atoms with Crippen LogP contribution in [-0.4, -0.2) is 31.6 Å². The molecule has 1 aromatic heterocycles. The molecule has 7 nitrogen and oxygen atoms in total. The molecule has 5 N–H and O–H groups in total. The van der Waals surface area contributed by atoms with E-state index in [1.807, 2.05) is 66.4 Å². The lowest BCUT2D eigenvalue weighted by molar-refractivity contribution is 0.0751. The van der Waals surface area contributed by atoms with Gasteiger partial charge in [0.2, 0.25) is 0 Å². The van der Waals surface area contributed by atoms with Gasteiger partial charge in [-0.15, -0.1) is 0 Å². The van der Waals surface area contributed by atoms with Crippen LogP contribution in [0.2, 0.25) is 0 Å². The third-order valence-electron chi connectivity index (χ3n) is 5.92. The van der Waals surface area contributed by atoms with Gasteiger partial charge in [0, 0.05) is 24.2 Å². The number of aliphatic hydroxyl groups is 1. The summed E-state index contributed by atoms with van der Waals surface area (Å²) in [6.07, 6.45) is 0. The molecule has 0 bridgehead atoms. The number of nitrogens with two attached hydrogens (primary N) is 1. The lowest BCUT2D eigenvalue weighted by Crippen LogP contribution is -2.25. The van der Waals surface area contributed by atoms with Gasteiger partial charge in [0.05, 0.1) is 11.0 Å². The molecule has 0 spiro atoms. The summed E-state index contributed by atoms with van der Waals surface area (Å²) in [5.74, 6) is -0.0267. The maximum Gasteiger partial charge on any atom is 0.254 e. The molecule has 4 aromatic rings. The Morgan fingerprint density at radius 3 is 2.39 bits per heavy atom. The van der Waals surface area contributed by atoms with Crippen molar-refractivity contribution in [3.05, 3.63) is 106 Å². The molecule has 0 radical (unpaired) electrons. The Hall–Kier alpha value is -4.39. The summed E-state index contributed by atoms with van der Waals surface area (Å²) in [7, 11) is 0. The first-order chi connectivity index (χ1) is 15.9. The van der Waals surface area contributed by atoms with Gasteiger partial charge < -0.3 is 20.7 Å². The van der Waals surface area contributed by atoms with Crippen molar-refractivity contribution < 1.29 is 9.90 Å². The number of fused-ring (bicyclic) bond motifs is 2. The molecular weight excluding hydrogens is 414 g/mol. The highest BCUT2D eigenvalue weighted by molar-refractivity contribution is 6.12. The fourth-order valence-corrected chi connectivity index (χ4v) is 4.04. The number of amides is 1. The Kier molecular flexibility index (Phi) is 4.94. The second-order valence-electron chi connectivity index (χ2n) is 8.25. The van der Waals surface area contributed by atoms with E-state index in [0.29, 0.717) is 35.6 Å². The number of H-pyrrole nitrogens is 1. The normalized spacial score (nSPS) is 13.7. The fraction of sp³-hybridized carbons (Fsp3) is 0.115.